The topological polar surface area (TPSA) is 278 Å². The van der Waals surface area contributed by atoms with Crippen LogP contribution in [0.3, 0.4) is 0 Å². The molecule has 0 radical (unpaired) electrons. The predicted octanol–water partition coefficient (Wildman–Crippen LogP) is -2.25. The summed E-state index contributed by atoms with van der Waals surface area (Å²) in [6, 6.07) is 3.66. The van der Waals surface area contributed by atoms with E-state index in [1.165, 1.54) is 0 Å². The van der Waals surface area contributed by atoms with Crippen LogP contribution in [0.25, 0.3) is 0 Å². The third-order valence-electron chi connectivity index (χ3n) is 5.79. The molecule has 3 amide bonds. The van der Waals surface area contributed by atoms with E-state index in [-0.39, 0.29) is 38.2 Å². The van der Waals surface area contributed by atoms with Crippen LogP contribution in [0.15, 0.2) is 35.3 Å². The number of aliphatic carboxylic acids is 2. The molecule has 0 aliphatic heterocycles. The molecule has 0 bridgehead atoms. The summed E-state index contributed by atoms with van der Waals surface area (Å²) in [4.78, 5) is 65.5. The highest BCUT2D eigenvalue weighted by atomic mass is 16.4. The lowest BCUT2D eigenvalue weighted by Gasteiger charge is -2.25. The number of nitrogens with one attached hydrogen (secondary N) is 3. The number of hydrogen-bond acceptors (Lipinski definition) is 8. The van der Waals surface area contributed by atoms with Gasteiger partial charge in [0.25, 0.3) is 0 Å². The predicted molar refractivity (Wildman–Crippen MR) is 147 cm³/mol. The summed E-state index contributed by atoms with van der Waals surface area (Å²) in [6.45, 7) is 0.517. The molecule has 0 aliphatic rings. The lowest BCUT2D eigenvalue weighted by molar-refractivity contribution is -0.142. The van der Waals surface area contributed by atoms with Gasteiger partial charge in [-0.1, -0.05) is 30.3 Å². The Bertz CT molecular complexity index is 1020. The minimum Gasteiger partial charge on any atom is -0.481 e. The average molecular weight is 565 g/mol. The molecule has 4 unspecified atom stereocenters. The summed E-state index contributed by atoms with van der Waals surface area (Å²) in [5.74, 6) is -5.04. The number of carbonyl (C=O) groups excluding carboxylic acids is 3. The van der Waals surface area contributed by atoms with Crippen LogP contribution >= 0.6 is 0 Å². The number of nitrogens with two attached hydrogens (primary N) is 4. The van der Waals surface area contributed by atoms with Crippen molar-refractivity contribution >= 4 is 35.6 Å². The number of carboxylic acids is 2. The third-order valence-corrected chi connectivity index (χ3v) is 5.79. The van der Waals surface area contributed by atoms with E-state index in [9.17, 15) is 29.1 Å². The maximum Gasteiger partial charge on any atom is 0.326 e. The highest BCUT2D eigenvalue weighted by molar-refractivity contribution is 5.94. The van der Waals surface area contributed by atoms with Gasteiger partial charge >= 0.3 is 11.9 Å². The van der Waals surface area contributed by atoms with E-state index in [0.717, 1.165) is 0 Å². The molecule has 0 spiro atoms. The van der Waals surface area contributed by atoms with Gasteiger partial charge in [0.1, 0.15) is 18.1 Å². The second kappa shape index (κ2) is 18.1. The van der Waals surface area contributed by atoms with Gasteiger partial charge in [-0.15, -0.1) is 0 Å². The summed E-state index contributed by atoms with van der Waals surface area (Å²) >= 11 is 0. The Morgan fingerprint density at radius 3 is 1.95 bits per heavy atom. The lowest BCUT2D eigenvalue weighted by Crippen LogP contribution is -2.57. The van der Waals surface area contributed by atoms with Crippen molar-refractivity contribution in [2.45, 2.75) is 69.1 Å². The van der Waals surface area contributed by atoms with Gasteiger partial charge in [-0.2, -0.15) is 0 Å². The van der Waals surface area contributed by atoms with Crippen molar-refractivity contribution in [2.24, 2.45) is 27.9 Å². The van der Waals surface area contributed by atoms with Crippen LogP contribution in [0.4, 0.5) is 0 Å². The summed E-state index contributed by atoms with van der Waals surface area (Å²) in [7, 11) is 0. The number of unbranched alkanes of at least 4 members (excludes halogenated alkanes) is 1. The second-order valence-corrected chi connectivity index (χ2v) is 9.15. The first kappa shape index (κ1) is 33.8. The largest absolute Gasteiger partial charge is 0.481 e. The fourth-order valence-electron chi connectivity index (χ4n) is 3.69. The van der Waals surface area contributed by atoms with Crippen LogP contribution in [0.2, 0.25) is 0 Å². The van der Waals surface area contributed by atoms with Gasteiger partial charge in [-0.25, -0.2) is 4.79 Å². The normalized spacial score (nSPS) is 13.7. The van der Waals surface area contributed by atoms with E-state index in [1.54, 1.807) is 30.3 Å². The number of hydrogen-bond donors (Lipinski definition) is 9. The molecule has 0 saturated carbocycles. The molecule has 1 aromatic carbocycles. The van der Waals surface area contributed by atoms with Gasteiger partial charge in [0, 0.05) is 13.0 Å². The maximum atomic E-state index is 13.4. The number of rotatable bonds is 19. The number of benzene rings is 1. The van der Waals surface area contributed by atoms with Gasteiger partial charge in [0.2, 0.25) is 17.7 Å². The third kappa shape index (κ3) is 13.5. The smallest absolute Gasteiger partial charge is 0.326 e. The molecule has 13 N–H and O–H groups in total. The molecule has 1 aromatic rings. The Kier molecular flexibility index (Phi) is 15.3. The first-order valence-corrected chi connectivity index (χ1v) is 12.8. The van der Waals surface area contributed by atoms with Crippen molar-refractivity contribution in [3.8, 4) is 0 Å². The Hall–Kier alpha value is -4.24. The van der Waals surface area contributed by atoms with Crippen molar-refractivity contribution in [1.29, 1.82) is 0 Å². The van der Waals surface area contributed by atoms with Crippen molar-refractivity contribution in [1.82, 2.24) is 16.0 Å². The minimum absolute atomic E-state index is 0.0113. The standard InChI is InChI=1S/C25H40N8O7/c26-11-5-4-9-18(24(39)40)32-22(37)17(10-6-12-30-25(28)29)31-23(38)19(13-15-7-2-1-3-8-15)33-21(36)16(27)14-20(34)35/h1-3,7-8,16-19H,4-6,9-14,26-27H2,(H,31,38)(H,32,37)(H,33,36)(H,34,35)(H,39,40)(H4,28,29,30). The zero-order valence-electron chi connectivity index (χ0n) is 22.3. The van der Waals surface area contributed by atoms with Crippen molar-refractivity contribution in [3.63, 3.8) is 0 Å². The number of aliphatic imine (C=N–C) groups is 1. The Balaban J connectivity index is 3.13. The van der Waals surface area contributed by atoms with Gasteiger partial charge in [-0.05, 0) is 44.2 Å². The van der Waals surface area contributed by atoms with Crippen LogP contribution in [0.5, 0.6) is 0 Å². The zero-order valence-corrected chi connectivity index (χ0v) is 22.3. The molecular weight excluding hydrogens is 524 g/mol. The van der Waals surface area contributed by atoms with E-state index < -0.39 is 60.2 Å². The number of amides is 3. The minimum atomic E-state index is -1.41. The first-order valence-electron chi connectivity index (χ1n) is 12.8. The highest BCUT2D eigenvalue weighted by Gasteiger charge is 2.30. The van der Waals surface area contributed by atoms with Crippen LogP contribution in [-0.4, -0.2) is 83.1 Å². The van der Waals surface area contributed by atoms with E-state index in [0.29, 0.717) is 24.9 Å². The van der Waals surface area contributed by atoms with Gasteiger partial charge < -0.3 is 49.1 Å². The lowest BCUT2D eigenvalue weighted by atomic mass is 10.0. The van der Waals surface area contributed by atoms with Crippen molar-refractivity contribution < 1.29 is 34.2 Å². The maximum absolute atomic E-state index is 13.4. The molecule has 1 rings (SSSR count). The Morgan fingerprint density at radius 2 is 1.38 bits per heavy atom. The monoisotopic (exact) mass is 564 g/mol. The second-order valence-electron chi connectivity index (χ2n) is 9.15. The van der Waals surface area contributed by atoms with Crippen LogP contribution in [-0.2, 0) is 30.4 Å². The molecule has 0 heterocycles. The zero-order chi connectivity index (χ0) is 30.1. The molecular formula is C25H40N8O7. The van der Waals surface area contributed by atoms with E-state index in [1.807, 2.05) is 0 Å². The van der Waals surface area contributed by atoms with E-state index in [4.69, 9.17) is 28.0 Å². The molecule has 0 saturated heterocycles. The molecule has 222 valence electrons. The molecule has 0 aromatic heterocycles. The molecule has 15 heteroatoms. The number of guanidine groups is 1. The number of carboxylic acid groups (broad SMARTS) is 2. The fourth-order valence-corrected chi connectivity index (χ4v) is 3.69. The quantitative estimate of drug-likeness (QED) is 0.0491. The fraction of sp³-hybridized carbons (Fsp3) is 0.520. The van der Waals surface area contributed by atoms with Crippen LogP contribution < -0.4 is 38.9 Å². The highest BCUT2D eigenvalue weighted by Crippen LogP contribution is 2.08. The van der Waals surface area contributed by atoms with Crippen molar-refractivity contribution in [2.75, 3.05) is 13.1 Å². The molecule has 0 aliphatic carbocycles. The van der Waals surface area contributed by atoms with E-state index in [2.05, 4.69) is 20.9 Å². The average Bonchev–Trinajstić information content (AvgIpc) is 2.89. The van der Waals surface area contributed by atoms with Gasteiger partial charge in [0.15, 0.2) is 5.96 Å². The Labute approximate surface area is 232 Å². The summed E-state index contributed by atoms with van der Waals surface area (Å²) in [6.07, 6.45) is 0.856. The van der Waals surface area contributed by atoms with E-state index >= 15 is 0 Å². The molecule has 4 atom stereocenters. The SMILES string of the molecule is NCCCCC(NC(=O)C(CCCN=C(N)N)NC(=O)C(Cc1ccccc1)NC(=O)C(N)CC(=O)O)C(=O)O. The first-order chi connectivity index (χ1) is 18.9. The number of carbonyl (C=O) groups is 5. The van der Waals surface area contributed by atoms with Gasteiger partial charge in [-0.3, -0.25) is 24.2 Å². The molecule has 15 nitrogen and oxygen atoms in total. The van der Waals surface area contributed by atoms with Crippen LogP contribution in [0, 0.1) is 0 Å². The van der Waals surface area contributed by atoms with Crippen LogP contribution in [0.1, 0.15) is 44.1 Å². The Morgan fingerprint density at radius 1 is 0.800 bits per heavy atom. The molecule has 0 fully saturated rings. The summed E-state index contributed by atoms with van der Waals surface area (Å²) in [5, 5.41) is 26.0. The summed E-state index contributed by atoms with van der Waals surface area (Å²) in [5.41, 5.74) is 22.5. The molecule has 40 heavy (non-hydrogen) atoms. The summed E-state index contributed by atoms with van der Waals surface area (Å²) < 4.78 is 0. The van der Waals surface area contributed by atoms with Crippen molar-refractivity contribution in [3.05, 3.63) is 35.9 Å². The number of nitrogens with zero attached hydrogens (tertiary/aromatic N) is 1. The van der Waals surface area contributed by atoms with Gasteiger partial charge in [0.05, 0.1) is 12.5 Å².